The molecule has 29 heavy (non-hydrogen) atoms. The van der Waals surface area contributed by atoms with Gasteiger partial charge in [0.1, 0.15) is 6.54 Å². The SMILES string of the molecule is O=C(Cn1ncc(=O)c2ccccc21)Nc1ccc(N=Nc2ccccc2)cc1. The fraction of sp³-hybridized carbons (Fsp3) is 0.0455. The summed E-state index contributed by atoms with van der Waals surface area (Å²) in [6.07, 6.45) is 1.22. The lowest BCUT2D eigenvalue weighted by Crippen LogP contribution is -2.22. The fourth-order valence-electron chi connectivity index (χ4n) is 2.85. The first-order chi connectivity index (χ1) is 14.2. The second-order valence-corrected chi connectivity index (χ2v) is 6.31. The molecule has 0 spiro atoms. The first-order valence-electron chi connectivity index (χ1n) is 9.01. The van der Waals surface area contributed by atoms with Crippen LogP contribution in [0.5, 0.6) is 0 Å². The lowest BCUT2D eigenvalue weighted by molar-refractivity contribution is -0.116. The number of hydrogen-bond acceptors (Lipinski definition) is 5. The highest BCUT2D eigenvalue weighted by Gasteiger charge is 2.08. The van der Waals surface area contributed by atoms with Crippen LogP contribution in [0.1, 0.15) is 0 Å². The lowest BCUT2D eigenvalue weighted by atomic mass is 10.2. The van der Waals surface area contributed by atoms with E-state index in [1.54, 1.807) is 48.5 Å². The van der Waals surface area contributed by atoms with E-state index in [-0.39, 0.29) is 17.9 Å². The summed E-state index contributed by atoms with van der Waals surface area (Å²) in [4.78, 5) is 24.3. The van der Waals surface area contributed by atoms with E-state index < -0.39 is 0 Å². The summed E-state index contributed by atoms with van der Waals surface area (Å²) in [5, 5.41) is 15.8. The molecule has 1 amide bonds. The molecule has 0 aliphatic carbocycles. The number of anilines is 1. The lowest BCUT2D eigenvalue weighted by Gasteiger charge is -2.10. The van der Waals surface area contributed by atoms with Crippen LogP contribution in [0.15, 0.2) is 100 Å². The molecule has 0 bridgehead atoms. The summed E-state index contributed by atoms with van der Waals surface area (Å²) >= 11 is 0. The van der Waals surface area contributed by atoms with Crippen molar-refractivity contribution in [3.05, 3.63) is 95.3 Å². The van der Waals surface area contributed by atoms with Crippen LogP contribution in [0.2, 0.25) is 0 Å². The number of amides is 1. The maximum absolute atomic E-state index is 12.4. The Labute approximate surface area is 166 Å². The van der Waals surface area contributed by atoms with Gasteiger partial charge >= 0.3 is 0 Å². The number of para-hydroxylation sites is 1. The zero-order valence-corrected chi connectivity index (χ0v) is 15.4. The van der Waals surface area contributed by atoms with Gasteiger partial charge in [-0.05, 0) is 48.5 Å². The van der Waals surface area contributed by atoms with Gasteiger partial charge in [0.25, 0.3) is 0 Å². The second kappa shape index (κ2) is 8.26. The van der Waals surface area contributed by atoms with E-state index in [4.69, 9.17) is 0 Å². The van der Waals surface area contributed by atoms with E-state index in [0.717, 1.165) is 5.69 Å². The third-order valence-corrected chi connectivity index (χ3v) is 4.24. The molecule has 1 N–H and O–H groups in total. The van der Waals surface area contributed by atoms with E-state index >= 15 is 0 Å². The van der Waals surface area contributed by atoms with E-state index in [9.17, 15) is 9.59 Å². The molecule has 7 nitrogen and oxygen atoms in total. The first-order valence-corrected chi connectivity index (χ1v) is 9.01. The van der Waals surface area contributed by atoms with Crippen LogP contribution in [0, 0.1) is 0 Å². The predicted molar refractivity (Wildman–Crippen MR) is 112 cm³/mol. The van der Waals surface area contributed by atoms with E-state index in [0.29, 0.717) is 22.3 Å². The van der Waals surface area contributed by atoms with Crippen molar-refractivity contribution in [2.45, 2.75) is 6.54 Å². The molecule has 1 aromatic heterocycles. The zero-order valence-electron chi connectivity index (χ0n) is 15.4. The molecule has 1 heterocycles. The Morgan fingerprint density at radius 3 is 2.28 bits per heavy atom. The molecule has 0 radical (unpaired) electrons. The van der Waals surface area contributed by atoms with Gasteiger partial charge in [-0.1, -0.05) is 30.3 Å². The van der Waals surface area contributed by atoms with Crippen molar-refractivity contribution in [1.82, 2.24) is 9.78 Å². The van der Waals surface area contributed by atoms with Crippen LogP contribution in [-0.2, 0) is 11.3 Å². The zero-order chi connectivity index (χ0) is 20.1. The molecule has 142 valence electrons. The normalized spacial score (nSPS) is 11.0. The van der Waals surface area contributed by atoms with Gasteiger partial charge in [0.05, 0.1) is 23.1 Å². The van der Waals surface area contributed by atoms with Gasteiger partial charge in [-0.3, -0.25) is 14.3 Å². The average Bonchev–Trinajstić information content (AvgIpc) is 2.76. The smallest absolute Gasteiger partial charge is 0.246 e. The van der Waals surface area contributed by atoms with E-state index in [1.807, 2.05) is 30.3 Å². The third-order valence-electron chi connectivity index (χ3n) is 4.24. The Bertz CT molecular complexity index is 1230. The first kappa shape index (κ1) is 18.2. The standard InChI is InChI=1S/C22H17N5O2/c28-21-14-23-27(20-9-5-4-8-19(20)21)15-22(29)24-16-10-12-18(13-11-16)26-25-17-6-2-1-3-7-17/h1-14H,15H2,(H,24,29). The van der Waals surface area contributed by atoms with Crippen LogP contribution in [0.3, 0.4) is 0 Å². The maximum atomic E-state index is 12.4. The van der Waals surface area contributed by atoms with Gasteiger partial charge in [0, 0.05) is 11.1 Å². The van der Waals surface area contributed by atoms with Crippen LogP contribution in [0.25, 0.3) is 10.9 Å². The summed E-state index contributed by atoms with van der Waals surface area (Å²) in [6.45, 7) is -0.00371. The van der Waals surface area contributed by atoms with Crippen molar-refractivity contribution < 1.29 is 4.79 Å². The number of fused-ring (bicyclic) bond motifs is 1. The van der Waals surface area contributed by atoms with Crippen molar-refractivity contribution in [3.63, 3.8) is 0 Å². The molecule has 0 aliphatic rings. The molecule has 7 heteroatoms. The number of nitrogens with one attached hydrogen (secondary N) is 1. The van der Waals surface area contributed by atoms with Crippen LogP contribution in [0.4, 0.5) is 17.1 Å². The van der Waals surface area contributed by atoms with Crippen LogP contribution < -0.4 is 10.7 Å². The van der Waals surface area contributed by atoms with Crippen molar-refractivity contribution in [1.29, 1.82) is 0 Å². The van der Waals surface area contributed by atoms with Crippen molar-refractivity contribution >= 4 is 33.9 Å². The molecular weight excluding hydrogens is 366 g/mol. The highest BCUT2D eigenvalue weighted by Crippen LogP contribution is 2.20. The Balaban J connectivity index is 1.43. The number of carbonyl (C=O) groups excluding carboxylic acids is 1. The summed E-state index contributed by atoms with van der Waals surface area (Å²) in [5.74, 6) is -0.245. The maximum Gasteiger partial charge on any atom is 0.246 e. The number of carbonyl (C=O) groups is 1. The van der Waals surface area contributed by atoms with Crippen LogP contribution >= 0.6 is 0 Å². The van der Waals surface area contributed by atoms with Crippen molar-refractivity contribution in [2.24, 2.45) is 10.2 Å². The highest BCUT2D eigenvalue weighted by molar-refractivity contribution is 5.91. The monoisotopic (exact) mass is 383 g/mol. The molecule has 0 aliphatic heterocycles. The van der Waals surface area contributed by atoms with Gasteiger partial charge in [0.2, 0.25) is 11.3 Å². The molecular formula is C22H17N5O2. The number of rotatable bonds is 5. The third kappa shape index (κ3) is 4.41. The molecule has 0 saturated heterocycles. The molecule has 3 aromatic carbocycles. The van der Waals surface area contributed by atoms with E-state index in [1.165, 1.54) is 10.9 Å². The minimum Gasteiger partial charge on any atom is -0.324 e. The van der Waals surface area contributed by atoms with Crippen molar-refractivity contribution in [3.8, 4) is 0 Å². The number of hydrogen-bond donors (Lipinski definition) is 1. The summed E-state index contributed by atoms with van der Waals surface area (Å²) < 4.78 is 1.51. The number of nitrogens with zero attached hydrogens (tertiary/aromatic N) is 4. The van der Waals surface area contributed by atoms with Gasteiger partial charge in [-0.25, -0.2) is 0 Å². The summed E-state index contributed by atoms with van der Waals surface area (Å²) in [6, 6.07) is 23.6. The molecule has 0 fully saturated rings. The fourth-order valence-corrected chi connectivity index (χ4v) is 2.85. The van der Waals surface area contributed by atoms with Gasteiger partial charge in [0.15, 0.2) is 0 Å². The van der Waals surface area contributed by atoms with Gasteiger partial charge in [-0.15, -0.1) is 0 Å². The Kier molecular flexibility index (Phi) is 5.20. The minimum absolute atomic E-state index is 0.00371. The summed E-state index contributed by atoms with van der Waals surface area (Å²) in [7, 11) is 0. The predicted octanol–water partition coefficient (Wildman–Crippen LogP) is 4.45. The summed E-state index contributed by atoms with van der Waals surface area (Å²) in [5.41, 5.74) is 2.54. The van der Waals surface area contributed by atoms with Crippen molar-refractivity contribution in [2.75, 3.05) is 5.32 Å². The number of benzene rings is 3. The van der Waals surface area contributed by atoms with Gasteiger partial charge in [-0.2, -0.15) is 15.3 Å². The van der Waals surface area contributed by atoms with Gasteiger partial charge < -0.3 is 5.32 Å². The Morgan fingerprint density at radius 2 is 1.52 bits per heavy atom. The second-order valence-electron chi connectivity index (χ2n) is 6.31. The molecule has 4 rings (SSSR count). The topological polar surface area (TPSA) is 88.7 Å². The molecule has 0 saturated carbocycles. The van der Waals surface area contributed by atoms with E-state index in [2.05, 4.69) is 20.6 Å². The molecule has 4 aromatic rings. The quantitative estimate of drug-likeness (QED) is 0.516. The number of aromatic nitrogens is 2. The Morgan fingerprint density at radius 1 is 0.862 bits per heavy atom. The Hall–Kier alpha value is -4.13. The molecule has 0 unspecified atom stereocenters. The average molecular weight is 383 g/mol. The number of azo groups is 1. The molecule has 0 atom stereocenters. The highest BCUT2D eigenvalue weighted by atomic mass is 16.2. The minimum atomic E-state index is -0.245. The van der Waals surface area contributed by atoms with Crippen LogP contribution in [-0.4, -0.2) is 15.7 Å². The largest absolute Gasteiger partial charge is 0.324 e.